The van der Waals surface area contributed by atoms with Crippen molar-refractivity contribution in [2.75, 3.05) is 19.8 Å². The van der Waals surface area contributed by atoms with Crippen molar-refractivity contribution >= 4 is 0 Å². The van der Waals surface area contributed by atoms with Crippen molar-refractivity contribution in [3.8, 4) is 0 Å². The van der Waals surface area contributed by atoms with Gasteiger partial charge in [-0.3, -0.25) is 4.68 Å². The van der Waals surface area contributed by atoms with E-state index in [0.717, 1.165) is 43.9 Å². The van der Waals surface area contributed by atoms with Gasteiger partial charge in [0.25, 0.3) is 0 Å². The number of hydrogen-bond donors (Lipinski definition) is 1. The zero-order chi connectivity index (χ0) is 15.0. The molecule has 1 N–H and O–H groups in total. The summed E-state index contributed by atoms with van der Waals surface area (Å²) in [4.78, 5) is 0. The summed E-state index contributed by atoms with van der Waals surface area (Å²) >= 11 is 0. The van der Waals surface area contributed by atoms with Crippen LogP contribution >= 0.6 is 0 Å². The average molecular weight is 294 g/mol. The number of aliphatic hydroxyl groups excluding tert-OH is 1. The van der Waals surface area contributed by atoms with Gasteiger partial charge in [-0.15, -0.1) is 0 Å². The molecule has 1 aromatic heterocycles. The molecule has 2 aliphatic rings. The minimum absolute atomic E-state index is 0.136. The predicted molar refractivity (Wildman–Crippen MR) is 79.2 cm³/mol. The monoisotopic (exact) mass is 294 g/mol. The second-order valence-electron chi connectivity index (χ2n) is 6.63. The summed E-state index contributed by atoms with van der Waals surface area (Å²) in [5.74, 6) is 0.291. The van der Waals surface area contributed by atoms with Gasteiger partial charge < -0.3 is 14.6 Å². The standard InChI is InChI=1S/C16H26N2O3/c1-11-14(12(2)18(3)17-11)8-15(19)13-4-6-21-16(9-13)5-7-20-10-16/h13,15,19H,4-10H2,1-3H3. The maximum absolute atomic E-state index is 10.7. The van der Waals surface area contributed by atoms with E-state index in [-0.39, 0.29) is 11.7 Å². The van der Waals surface area contributed by atoms with Crippen molar-refractivity contribution < 1.29 is 14.6 Å². The SMILES string of the molecule is Cc1nn(C)c(C)c1CC(O)C1CCOC2(CCOC2)C1. The number of aromatic nitrogens is 2. The molecule has 3 heterocycles. The van der Waals surface area contributed by atoms with Crippen molar-refractivity contribution in [3.05, 3.63) is 17.0 Å². The molecular formula is C16H26N2O3. The van der Waals surface area contributed by atoms with Crippen molar-refractivity contribution in [2.45, 2.75) is 51.2 Å². The predicted octanol–water partition coefficient (Wildman–Crippen LogP) is 1.53. The largest absolute Gasteiger partial charge is 0.392 e. The van der Waals surface area contributed by atoms with E-state index in [1.807, 2.05) is 18.7 Å². The topological polar surface area (TPSA) is 56.5 Å². The molecule has 0 aromatic carbocycles. The molecule has 0 radical (unpaired) electrons. The summed E-state index contributed by atoms with van der Waals surface area (Å²) < 4.78 is 13.4. The van der Waals surface area contributed by atoms with E-state index in [1.165, 1.54) is 5.56 Å². The van der Waals surface area contributed by atoms with Crippen molar-refractivity contribution in [2.24, 2.45) is 13.0 Å². The van der Waals surface area contributed by atoms with Crippen LogP contribution in [0.15, 0.2) is 0 Å². The third-order valence-corrected chi connectivity index (χ3v) is 5.21. The van der Waals surface area contributed by atoms with Crippen LogP contribution in [-0.2, 0) is 22.9 Å². The average Bonchev–Trinajstić information content (AvgIpc) is 2.99. The van der Waals surface area contributed by atoms with Crippen LogP contribution in [0.1, 0.15) is 36.2 Å². The Bertz CT molecular complexity index is 506. The van der Waals surface area contributed by atoms with Crippen LogP contribution in [0.25, 0.3) is 0 Å². The molecule has 1 aromatic rings. The number of aliphatic hydroxyl groups is 1. The van der Waals surface area contributed by atoms with Gasteiger partial charge in [0.15, 0.2) is 0 Å². The van der Waals surface area contributed by atoms with Gasteiger partial charge in [0.1, 0.15) is 0 Å². The molecule has 5 heteroatoms. The third kappa shape index (κ3) is 2.87. The summed E-state index contributed by atoms with van der Waals surface area (Å²) in [6.45, 7) is 6.28. The molecule has 3 atom stereocenters. The van der Waals surface area contributed by atoms with Gasteiger partial charge in [-0.05, 0) is 38.2 Å². The number of aryl methyl sites for hydroxylation is 2. The van der Waals surface area contributed by atoms with E-state index in [0.29, 0.717) is 18.9 Å². The van der Waals surface area contributed by atoms with E-state index >= 15 is 0 Å². The van der Waals surface area contributed by atoms with Crippen molar-refractivity contribution in [1.29, 1.82) is 0 Å². The molecule has 5 nitrogen and oxygen atoms in total. The Morgan fingerprint density at radius 1 is 1.43 bits per heavy atom. The van der Waals surface area contributed by atoms with Gasteiger partial charge in [0, 0.05) is 38.8 Å². The molecule has 2 fully saturated rings. The van der Waals surface area contributed by atoms with Crippen LogP contribution in [0.4, 0.5) is 0 Å². The Morgan fingerprint density at radius 2 is 2.24 bits per heavy atom. The lowest BCUT2D eigenvalue weighted by atomic mass is 9.80. The summed E-state index contributed by atoms with van der Waals surface area (Å²) in [5.41, 5.74) is 3.23. The quantitative estimate of drug-likeness (QED) is 0.918. The first-order chi connectivity index (χ1) is 10.0. The molecule has 0 amide bonds. The van der Waals surface area contributed by atoms with Gasteiger partial charge in [0.05, 0.1) is 24.0 Å². The zero-order valence-electron chi connectivity index (χ0n) is 13.3. The lowest BCUT2D eigenvalue weighted by molar-refractivity contribution is -0.116. The molecule has 118 valence electrons. The lowest BCUT2D eigenvalue weighted by Gasteiger charge is -2.39. The van der Waals surface area contributed by atoms with Crippen LogP contribution in [0.5, 0.6) is 0 Å². The van der Waals surface area contributed by atoms with Gasteiger partial charge >= 0.3 is 0 Å². The number of ether oxygens (including phenoxy) is 2. The van der Waals surface area contributed by atoms with Crippen molar-refractivity contribution in [1.82, 2.24) is 9.78 Å². The Morgan fingerprint density at radius 3 is 2.86 bits per heavy atom. The molecule has 2 aliphatic heterocycles. The highest BCUT2D eigenvalue weighted by Crippen LogP contribution is 2.37. The van der Waals surface area contributed by atoms with Crippen LogP contribution in [0.3, 0.4) is 0 Å². The number of nitrogens with zero attached hydrogens (tertiary/aromatic N) is 2. The molecule has 0 aliphatic carbocycles. The summed E-state index contributed by atoms with van der Waals surface area (Å²) in [5, 5.41) is 15.1. The van der Waals surface area contributed by atoms with Gasteiger partial charge in [-0.2, -0.15) is 5.10 Å². The van der Waals surface area contributed by atoms with Crippen LogP contribution < -0.4 is 0 Å². The fraction of sp³-hybridized carbons (Fsp3) is 0.812. The molecule has 3 unspecified atom stereocenters. The van der Waals surface area contributed by atoms with E-state index in [1.54, 1.807) is 0 Å². The van der Waals surface area contributed by atoms with Crippen LogP contribution in [0, 0.1) is 19.8 Å². The van der Waals surface area contributed by atoms with E-state index < -0.39 is 0 Å². The summed E-state index contributed by atoms with van der Waals surface area (Å²) in [7, 11) is 1.96. The normalized spacial score (nSPS) is 31.0. The maximum atomic E-state index is 10.7. The first kappa shape index (κ1) is 15.0. The smallest absolute Gasteiger partial charge is 0.0940 e. The van der Waals surface area contributed by atoms with Gasteiger partial charge in [-0.25, -0.2) is 0 Å². The fourth-order valence-corrected chi connectivity index (χ4v) is 3.75. The highest BCUT2D eigenvalue weighted by molar-refractivity contribution is 5.25. The molecule has 0 bridgehead atoms. The molecule has 21 heavy (non-hydrogen) atoms. The molecule has 1 spiro atoms. The summed E-state index contributed by atoms with van der Waals surface area (Å²) in [6.07, 6.45) is 3.16. The Kier molecular flexibility index (Phi) is 4.08. The first-order valence-electron chi connectivity index (χ1n) is 7.90. The highest BCUT2D eigenvalue weighted by Gasteiger charge is 2.42. The minimum Gasteiger partial charge on any atom is -0.392 e. The Hall–Kier alpha value is -0.910. The van der Waals surface area contributed by atoms with E-state index in [4.69, 9.17) is 9.47 Å². The van der Waals surface area contributed by atoms with Crippen LogP contribution in [0.2, 0.25) is 0 Å². The second-order valence-corrected chi connectivity index (χ2v) is 6.63. The molecular weight excluding hydrogens is 268 g/mol. The Labute approximate surface area is 126 Å². The van der Waals surface area contributed by atoms with E-state index in [9.17, 15) is 5.11 Å². The lowest BCUT2D eigenvalue weighted by Crippen LogP contribution is -2.44. The highest BCUT2D eigenvalue weighted by atomic mass is 16.6. The molecule has 0 saturated carbocycles. The second kappa shape index (κ2) is 5.71. The van der Waals surface area contributed by atoms with Crippen LogP contribution in [-0.4, -0.2) is 46.4 Å². The maximum Gasteiger partial charge on any atom is 0.0940 e. The van der Waals surface area contributed by atoms with Gasteiger partial charge in [-0.1, -0.05) is 0 Å². The van der Waals surface area contributed by atoms with Gasteiger partial charge in [0.2, 0.25) is 0 Å². The minimum atomic E-state index is -0.326. The number of rotatable bonds is 3. The first-order valence-corrected chi connectivity index (χ1v) is 7.90. The van der Waals surface area contributed by atoms with E-state index in [2.05, 4.69) is 12.0 Å². The Balaban J connectivity index is 1.68. The molecule has 3 rings (SSSR count). The fourth-order valence-electron chi connectivity index (χ4n) is 3.75. The zero-order valence-corrected chi connectivity index (χ0v) is 13.3. The molecule has 2 saturated heterocycles. The third-order valence-electron chi connectivity index (χ3n) is 5.21. The summed E-state index contributed by atoms with van der Waals surface area (Å²) in [6, 6.07) is 0. The number of hydrogen-bond acceptors (Lipinski definition) is 4. The van der Waals surface area contributed by atoms with Crippen molar-refractivity contribution in [3.63, 3.8) is 0 Å².